The highest BCUT2D eigenvalue weighted by Crippen LogP contribution is 1.95. The van der Waals surface area contributed by atoms with Gasteiger partial charge in [0.15, 0.2) is 0 Å². The van der Waals surface area contributed by atoms with Gasteiger partial charge in [-0.2, -0.15) is 0 Å². The van der Waals surface area contributed by atoms with E-state index in [0.29, 0.717) is 26.2 Å². The summed E-state index contributed by atoms with van der Waals surface area (Å²) in [5, 5.41) is 8.40. The minimum Gasteiger partial charge on any atom is -0.481 e. The number of hydrogen-bond donors (Lipinski definition) is 2. The maximum absolute atomic E-state index is 11.4. The van der Waals surface area contributed by atoms with Crippen LogP contribution in [0.5, 0.6) is 0 Å². The van der Waals surface area contributed by atoms with Crippen LogP contribution in [0.3, 0.4) is 0 Å². The van der Waals surface area contributed by atoms with E-state index < -0.39 is 16.0 Å². The largest absolute Gasteiger partial charge is 0.481 e. The molecule has 0 saturated carbocycles. The molecule has 0 unspecified atom stereocenters. The summed E-state index contributed by atoms with van der Waals surface area (Å²) in [6.45, 7) is 3.66. The Balaban J connectivity index is 3.49. The maximum Gasteiger partial charge on any atom is 0.303 e. The molecule has 0 saturated heterocycles. The first-order valence-corrected chi connectivity index (χ1v) is 7.90. The van der Waals surface area contributed by atoms with Gasteiger partial charge in [-0.15, -0.1) is 0 Å². The number of carbonyl (C=O) groups is 1. The van der Waals surface area contributed by atoms with Gasteiger partial charge in [0.2, 0.25) is 10.0 Å². The van der Waals surface area contributed by atoms with Crippen molar-refractivity contribution < 1.29 is 23.1 Å². The first-order valence-electron chi connectivity index (χ1n) is 6.25. The predicted octanol–water partition coefficient (Wildman–Crippen LogP) is 0.977. The third-order valence-corrected chi connectivity index (χ3v) is 3.70. The van der Waals surface area contributed by atoms with Crippen LogP contribution in [-0.4, -0.2) is 45.0 Å². The number of hydrogen-bond acceptors (Lipinski definition) is 4. The summed E-state index contributed by atoms with van der Waals surface area (Å²) in [5.74, 6) is -1.12. The standard InChI is InChI=1S/C11H23NO5S/c1-2-3-8-17-9-5-7-12-18(15,16)10-4-6-11(13)14/h12H,2-10H2,1H3,(H,13,14). The van der Waals surface area contributed by atoms with Gasteiger partial charge in [-0.3, -0.25) is 4.79 Å². The monoisotopic (exact) mass is 281 g/mol. The first-order chi connectivity index (χ1) is 8.48. The van der Waals surface area contributed by atoms with Crippen molar-refractivity contribution in [3.8, 4) is 0 Å². The summed E-state index contributed by atoms with van der Waals surface area (Å²) < 4.78 is 30.5. The van der Waals surface area contributed by atoms with Crippen molar-refractivity contribution in [2.75, 3.05) is 25.5 Å². The van der Waals surface area contributed by atoms with E-state index >= 15 is 0 Å². The summed E-state index contributed by atoms with van der Waals surface area (Å²) in [4.78, 5) is 10.2. The van der Waals surface area contributed by atoms with Gasteiger partial charge in [0.1, 0.15) is 0 Å². The normalized spacial score (nSPS) is 11.6. The van der Waals surface area contributed by atoms with Gasteiger partial charge in [-0.25, -0.2) is 13.1 Å². The van der Waals surface area contributed by atoms with Crippen LogP contribution in [0.1, 0.15) is 39.0 Å². The second-order valence-corrected chi connectivity index (χ2v) is 5.96. The van der Waals surface area contributed by atoms with E-state index in [1.807, 2.05) is 0 Å². The van der Waals surface area contributed by atoms with Crippen LogP contribution >= 0.6 is 0 Å². The van der Waals surface area contributed by atoms with Crippen molar-refractivity contribution in [1.29, 1.82) is 0 Å². The van der Waals surface area contributed by atoms with Crippen LogP contribution in [0, 0.1) is 0 Å². The van der Waals surface area contributed by atoms with Crippen LogP contribution in [0.15, 0.2) is 0 Å². The van der Waals surface area contributed by atoms with Gasteiger partial charge >= 0.3 is 5.97 Å². The van der Waals surface area contributed by atoms with Gasteiger partial charge < -0.3 is 9.84 Å². The minimum atomic E-state index is -3.34. The first kappa shape index (κ1) is 17.3. The van der Waals surface area contributed by atoms with E-state index in [1.165, 1.54) is 0 Å². The summed E-state index contributed by atoms with van der Waals surface area (Å²) in [6.07, 6.45) is 2.73. The van der Waals surface area contributed by atoms with Crippen molar-refractivity contribution in [3.63, 3.8) is 0 Å². The smallest absolute Gasteiger partial charge is 0.303 e. The molecule has 0 rings (SSSR count). The Morgan fingerprint density at radius 1 is 1.22 bits per heavy atom. The van der Waals surface area contributed by atoms with E-state index in [1.54, 1.807) is 0 Å². The molecule has 0 aromatic heterocycles. The Bertz CT molecular complexity index is 315. The molecule has 0 aliphatic heterocycles. The van der Waals surface area contributed by atoms with Crippen LogP contribution in [-0.2, 0) is 19.6 Å². The van der Waals surface area contributed by atoms with Crippen LogP contribution < -0.4 is 4.72 Å². The molecule has 0 radical (unpaired) electrons. The Morgan fingerprint density at radius 3 is 2.50 bits per heavy atom. The molecule has 0 aliphatic carbocycles. The molecule has 0 aromatic rings. The Kier molecular flexibility index (Phi) is 9.90. The molecular weight excluding hydrogens is 258 g/mol. The van der Waals surface area contributed by atoms with E-state index in [-0.39, 0.29) is 18.6 Å². The van der Waals surface area contributed by atoms with Gasteiger partial charge in [0.05, 0.1) is 5.75 Å². The van der Waals surface area contributed by atoms with Crippen molar-refractivity contribution in [2.45, 2.75) is 39.0 Å². The van der Waals surface area contributed by atoms with Crippen molar-refractivity contribution >= 4 is 16.0 Å². The second kappa shape index (κ2) is 10.3. The highest BCUT2D eigenvalue weighted by Gasteiger charge is 2.10. The molecular formula is C11H23NO5S. The molecule has 2 N–H and O–H groups in total. The van der Waals surface area contributed by atoms with Gasteiger partial charge in [-0.05, 0) is 19.3 Å². The quantitative estimate of drug-likeness (QED) is 0.520. The predicted molar refractivity (Wildman–Crippen MR) is 69.0 cm³/mol. The molecule has 0 aromatic carbocycles. The average molecular weight is 281 g/mol. The molecule has 0 aliphatic rings. The van der Waals surface area contributed by atoms with Gasteiger partial charge in [-0.1, -0.05) is 13.3 Å². The Labute approximate surface area is 109 Å². The number of unbranched alkanes of at least 4 members (excludes halogenated alkanes) is 1. The molecule has 0 bridgehead atoms. The Hall–Kier alpha value is -0.660. The number of sulfonamides is 1. The summed E-state index contributed by atoms with van der Waals surface area (Å²) in [5.41, 5.74) is 0. The Morgan fingerprint density at radius 2 is 1.89 bits per heavy atom. The molecule has 108 valence electrons. The number of carboxylic acid groups (broad SMARTS) is 1. The lowest BCUT2D eigenvalue weighted by Crippen LogP contribution is -2.28. The summed E-state index contributed by atoms with van der Waals surface area (Å²) in [7, 11) is -3.34. The highest BCUT2D eigenvalue weighted by atomic mass is 32.2. The fourth-order valence-electron chi connectivity index (χ4n) is 1.24. The molecule has 7 heteroatoms. The lowest BCUT2D eigenvalue weighted by atomic mass is 10.3. The highest BCUT2D eigenvalue weighted by molar-refractivity contribution is 7.89. The fourth-order valence-corrected chi connectivity index (χ4v) is 2.36. The molecule has 0 atom stereocenters. The molecule has 18 heavy (non-hydrogen) atoms. The molecule has 6 nitrogen and oxygen atoms in total. The zero-order chi connectivity index (χ0) is 13.9. The van der Waals surface area contributed by atoms with E-state index in [2.05, 4.69) is 11.6 Å². The number of aliphatic carboxylic acids is 1. The minimum absolute atomic E-state index is 0.124. The molecule has 0 heterocycles. The van der Waals surface area contributed by atoms with Crippen molar-refractivity contribution in [1.82, 2.24) is 4.72 Å². The van der Waals surface area contributed by atoms with E-state index in [4.69, 9.17) is 9.84 Å². The van der Waals surface area contributed by atoms with Crippen molar-refractivity contribution in [3.05, 3.63) is 0 Å². The van der Waals surface area contributed by atoms with Crippen LogP contribution in [0.2, 0.25) is 0 Å². The second-order valence-electron chi connectivity index (χ2n) is 4.03. The van der Waals surface area contributed by atoms with Gasteiger partial charge in [0.25, 0.3) is 0 Å². The van der Waals surface area contributed by atoms with E-state index in [0.717, 1.165) is 12.8 Å². The van der Waals surface area contributed by atoms with Gasteiger partial charge in [0, 0.05) is 26.2 Å². The summed E-state index contributed by atoms with van der Waals surface area (Å²) in [6, 6.07) is 0. The third-order valence-electron chi connectivity index (χ3n) is 2.23. The van der Waals surface area contributed by atoms with E-state index in [9.17, 15) is 13.2 Å². The zero-order valence-corrected chi connectivity index (χ0v) is 11.7. The summed E-state index contributed by atoms with van der Waals surface area (Å²) >= 11 is 0. The number of carboxylic acids is 1. The average Bonchev–Trinajstić information content (AvgIpc) is 2.27. The molecule has 0 amide bonds. The molecule has 0 spiro atoms. The van der Waals surface area contributed by atoms with Crippen molar-refractivity contribution in [2.24, 2.45) is 0 Å². The van der Waals surface area contributed by atoms with Crippen LogP contribution in [0.4, 0.5) is 0 Å². The fraction of sp³-hybridized carbons (Fsp3) is 0.909. The molecule has 0 fully saturated rings. The number of rotatable bonds is 12. The third kappa shape index (κ3) is 11.8. The topological polar surface area (TPSA) is 92.7 Å². The number of ether oxygens (including phenoxy) is 1. The van der Waals surface area contributed by atoms with Crippen LogP contribution in [0.25, 0.3) is 0 Å². The number of nitrogens with one attached hydrogen (secondary N) is 1. The lowest BCUT2D eigenvalue weighted by Gasteiger charge is -2.06. The lowest BCUT2D eigenvalue weighted by molar-refractivity contribution is -0.137. The SMILES string of the molecule is CCCCOCCCNS(=O)(=O)CCCC(=O)O. The zero-order valence-electron chi connectivity index (χ0n) is 10.9. The maximum atomic E-state index is 11.4.